The number of hydrogen-bond acceptors (Lipinski definition) is 3. The molecule has 0 heterocycles. The lowest BCUT2D eigenvalue weighted by Crippen LogP contribution is -2.03. The van der Waals surface area contributed by atoms with Crippen LogP contribution in [-0.4, -0.2) is 19.3 Å². The summed E-state index contributed by atoms with van der Waals surface area (Å²) >= 11 is 0. The molecule has 60 valence electrons. The number of rotatable bonds is 3. The lowest BCUT2D eigenvalue weighted by Gasteiger charge is -1.93. The zero-order valence-electron chi connectivity index (χ0n) is 6.70. The molecule has 0 N–H and O–H groups in total. The van der Waals surface area contributed by atoms with E-state index < -0.39 is 5.97 Å². The van der Waals surface area contributed by atoms with E-state index in [4.69, 9.17) is 0 Å². The zero-order valence-corrected chi connectivity index (χ0v) is 6.70. The van der Waals surface area contributed by atoms with Crippen LogP contribution >= 0.6 is 0 Å². The van der Waals surface area contributed by atoms with Gasteiger partial charge in [-0.3, -0.25) is 4.99 Å². The maximum absolute atomic E-state index is 10.7. The maximum Gasteiger partial charge on any atom is 0.338 e. The van der Waals surface area contributed by atoms with Gasteiger partial charge in [-0.15, -0.1) is 0 Å². The summed E-state index contributed by atoms with van der Waals surface area (Å²) in [6, 6.07) is 0. The lowest BCUT2D eigenvalue weighted by molar-refractivity contribution is -0.135. The predicted octanol–water partition coefficient (Wildman–Crippen LogP) is 1.32. The van der Waals surface area contributed by atoms with Crippen molar-refractivity contribution >= 4 is 12.2 Å². The first-order valence-corrected chi connectivity index (χ1v) is 3.14. The van der Waals surface area contributed by atoms with Crippen molar-refractivity contribution in [1.82, 2.24) is 0 Å². The van der Waals surface area contributed by atoms with Crippen molar-refractivity contribution < 1.29 is 9.53 Å². The molecule has 0 aliphatic heterocycles. The highest BCUT2D eigenvalue weighted by Gasteiger charge is 2.00. The molecule has 0 aromatic carbocycles. The molecule has 0 rings (SSSR count). The third kappa shape index (κ3) is 4.08. The van der Waals surface area contributed by atoms with Gasteiger partial charge in [0.05, 0.1) is 12.7 Å². The second-order valence-corrected chi connectivity index (χ2v) is 1.78. The molecule has 0 saturated carbocycles. The van der Waals surface area contributed by atoms with Crippen molar-refractivity contribution in [3.8, 4) is 0 Å². The molecule has 0 fully saturated rings. The number of ether oxygens (including phenoxy) is 1. The van der Waals surface area contributed by atoms with E-state index in [1.165, 1.54) is 13.3 Å². The second-order valence-electron chi connectivity index (χ2n) is 1.78. The summed E-state index contributed by atoms with van der Waals surface area (Å²) in [7, 11) is 1.30. The van der Waals surface area contributed by atoms with Gasteiger partial charge in [0, 0.05) is 12.4 Å². The molecule has 0 saturated heterocycles. The van der Waals surface area contributed by atoms with Gasteiger partial charge in [0.2, 0.25) is 0 Å². The fourth-order valence-electron chi connectivity index (χ4n) is 0.403. The molecule has 0 amide bonds. The predicted molar refractivity (Wildman–Crippen MR) is 44.5 cm³/mol. The molecule has 11 heavy (non-hydrogen) atoms. The van der Waals surface area contributed by atoms with Crippen LogP contribution in [0.4, 0.5) is 0 Å². The van der Waals surface area contributed by atoms with Gasteiger partial charge in [-0.05, 0) is 6.92 Å². The minimum Gasteiger partial charge on any atom is -0.465 e. The maximum atomic E-state index is 10.7. The molecule has 0 unspecified atom stereocenters. The molecular weight excluding hydrogens is 142 g/mol. The number of methoxy groups -OCH3 is 1. The van der Waals surface area contributed by atoms with Gasteiger partial charge in [0.1, 0.15) is 0 Å². The van der Waals surface area contributed by atoms with Crippen LogP contribution in [0.2, 0.25) is 0 Å². The molecule has 0 radical (unpaired) electrons. The smallest absolute Gasteiger partial charge is 0.338 e. The van der Waals surface area contributed by atoms with Gasteiger partial charge in [-0.2, -0.15) is 0 Å². The molecule has 0 atom stereocenters. The highest BCUT2D eigenvalue weighted by Crippen LogP contribution is 1.88. The summed E-state index contributed by atoms with van der Waals surface area (Å²) < 4.78 is 4.39. The van der Waals surface area contributed by atoms with Crippen LogP contribution in [-0.2, 0) is 9.53 Å². The molecule has 0 spiro atoms. The van der Waals surface area contributed by atoms with E-state index in [-0.39, 0.29) is 5.57 Å². The van der Waals surface area contributed by atoms with Gasteiger partial charge < -0.3 is 4.74 Å². The summed E-state index contributed by atoms with van der Waals surface area (Å²) in [5, 5.41) is 0. The Morgan fingerprint density at radius 1 is 1.64 bits per heavy atom. The molecule has 3 nitrogen and oxygen atoms in total. The SMILES string of the molecule is C=C(C=N/C=C\C)C(=O)OC. The van der Waals surface area contributed by atoms with Crippen molar-refractivity contribution in [1.29, 1.82) is 0 Å². The molecule has 0 aliphatic carbocycles. The van der Waals surface area contributed by atoms with Gasteiger partial charge in [0.15, 0.2) is 0 Å². The quantitative estimate of drug-likeness (QED) is 0.348. The first kappa shape index (κ1) is 9.62. The number of aliphatic imine (C=N–C) groups is 1. The Balaban J connectivity index is 3.97. The van der Waals surface area contributed by atoms with Gasteiger partial charge in [-0.1, -0.05) is 12.7 Å². The van der Waals surface area contributed by atoms with E-state index in [0.717, 1.165) is 0 Å². The van der Waals surface area contributed by atoms with Crippen LogP contribution in [0.25, 0.3) is 0 Å². The standard InChI is InChI=1S/C8H11NO2/c1-4-5-9-6-7(2)8(10)11-3/h4-6H,2H2,1,3H3/b5-4-,9-6?. The molecule has 0 aliphatic rings. The van der Waals surface area contributed by atoms with Crippen LogP contribution in [0.15, 0.2) is 29.4 Å². The van der Waals surface area contributed by atoms with Gasteiger partial charge in [-0.25, -0.2) is 4.79 Å². The van der Waals surface area contributed by atoms with Crippen molar-refractivity contribution in [2.75, 3.05) is 7.11 Å². The Morgan fingerprint density at radius 2 is 2.27 bits per heavy atom. The number of carbonyl (C=O) groups is 1. The van der Waals surface area contributed by atoms with Crippen LogP contribution in [0.5, 0.6) is 0 Å². The first-order valence-electron chi connectivity index (χ1n) is 3.14. The first-order chi connectivity index (χ1) is 5.22. The summed E-state index contributed by atoms with van der Waals surface area (Å²) in [5.41, 5.74) is 0.241. The number of allylic oxidation sites excluding steroid dienone is 1. The monoisotopic (exact) mass is 153 g/mol. The van der Waals surface area contributed by atoms with Crippen molar-refractivity contribution in [3.63, 3.8) is 0 Å². The Labute approximate surface area is 66.1 Å². The number of nitrogens with zero attached hydrogens (tertiary/aromatic N) is 1. The van der Waals surface area contributed by atoms with Gasteiger partial charge in [0.25, 0.3) is 0 Å². The number of hydrogen-bond donors (Lipinski definition) is 0. The Morgan fingerprint density at radius 3 is 2.73 bits per heavy atom. The molecular formula is C8H11NO2. The van der Waals surface area contributed by atoms with Crippen molar-refractivity contribution in [2.45, 2.75) is 6.92 Å². The fraction of sp³-hybridized carbons (Fsp3) is 0.250. The van der Waals surface area contributed by atoms with Crippen molar-refractivity contribution in [2.24, 2.45) is 4.99 Å². The minimum atomic E-state index is -0.460. The Kier molecular flexibility index (Phi) is 4.73. The normalized spacial score (nSPS) is 10.7. The van der Waals surface area contributed by atoms with Crippen LogP contribution in [0.3, 0.4) is 0 Å². The van der Waals surface area contributed by atoms with E-state index >= 15 is 0 Å². The largest absolute Gasteiger partial charge is 0.465 e. The van der Waals surface area contributed by atoms with Crippen molar-refractivity contribution in [3.05, 3.63) is 24.4 Å². The summed E-state index contributed by atoms with van der Waals surface area (Å²) in [4.78, 5) is 14.4. The third-order valence-corrected chi connectivity index (χ3v) is 0.913. The van der Waals surface area contributed by atoms with Crippen LogP contribution in [0.1, 0.15) is 6.92 Å². The van der Waals surface area contributed by atoms with E-state index in [9.17, 15) is 4.79 Å². The molecule has 0 aromatic rings. The summed E-state index contributed by atoms with van der Waals surface area (Å²) in [5.74, 6) is -0.460. The number of esters is 1. The number of carbonyl (C=O) groups excluding carboxylic acids is 1. The summed E-state index contributed by atoms with van der Waals surface area (Å²) in [6.07, 6.45) is 4.67. The topological polar surface area (TPSA) is 38.7 Å². The molecule has 3 heteroatoms. The van der Waals surface area contributed by atoms with E-state index in [0.29, 0.717) is 0 Å². The van der Waals surface area contributed by atoms with Crippen LogP contribution < -0.4 is 0 Å². The second kappa shape index (κ2) is 5.41. The van der Waals surface area contributed by atoms with E-state index in [1.807, 2.05) is 6.92 Å². The Bertz CT molecular complexity index is 204. The average molecular weight is 153 g/mol. The highest BCUT2D eigenvalue weighted by molar-refractivity contribution is 6.08. The van der Waals surface area contributed by atoms with Crippen LogP contribution in [0, 0.1) is 0 Å². The fourth-order valence-corrected chi connectivity index (χ4v) is 0.403. The average Bonchev–Trinajstić information content (AvgIpc) is 2.03. The van der Waals surface area contributed by atoms with E-state index in [1.54, 1.807) is 12.3 Å². The molecule has 0 bridgehead atoms. The third-order valence-electron chi connectivity index (χ3n) is 0.913. The molecule has 0 aromatic heterocycles. The lowest BCUT2D eigenvalue weighted by atomic mass is 10.3. The minimum absolute atomic E-state index is 0.241. The van der Waals surface area contributed by atoms with Gasteiger partial charge >= 0.3 is 5.97 Å². The highest BCUT2D eigenvalue weighted by atomic mass is 16.5. The van der Waals surface area contributed by atoms with E-state index in [2.05, 4.69) is 16.3 Å². The zero-order chi connectivity index (χ0) is 8.69. The summed E-state index contributed by atoms with van der Waals surface area (Å²) in [6.45, 7) is 5.27. The Hall–Kier alpha value is -1.38.